The summed E-state index contributed by atoms with van der Waals surface area (Å²) in [6.45, 7) is 14.4. The molecule has 2 aromatic carbocycles. The first-order valence-corrected chi connectivity index (χ1v) is 19.0. The molecular weight excluding hydrogens is 504 g/mol. The molecular formula is C42H66. The van der Waals surface area contributed by atoms with E-state index in [1.807, 2.05) is 66.8 Å². The minimum atomic E-state index is 1.24. The summed E-state index contributed by atoms with van der Waals surface area (Å²) in [5.41, 5.74) is 21.9. The van der Waals surface area contributed by atoms with Gasteiger partial charge in [-0.2, -0.15) is 0 Å². The molecule has 2 aliphatic rings. The maximum Gasteiger partial charge on any atom is -0.00142 e. The Labute approximate surface area is 261 Å². The van der Waals surface area contributed by atoms with Gasteiger partial charge in [0.1, 0.15) is 0 Å². The number of unbranched alkanes of at least 4 members (excludes halogenated alkanes) is 6. The van der Waals surface area contributed by atoms with Gasteiger partial charge in [-0.05, 0) is 182 Å². The van der Waals surface area contributed by atoms with Gasteiger partial charge in [0.25, 0.3) is 0 Å². The Kier molecular flexibility index (Phi) is 13.5. The Morgan fingerprint density at radius 1 is 0.310 bits per heavy atom. The molecule has 0 heterocycles. The second kappa shape index (κ2) is 17.1. The zero-order chi connectivity index (χ0) is 29.9. The van der Waals surface area contributed by atoms with E-state index in [-0.39, 0.29) is 0 Å². The Morgan fingerprint density at radius 2 is 0.571 bits per heavy atom. The van der Waals surface area contributed by atoms with Gasteiger partial charge in [0, 0.05) is 0 Å². The molecule has 0 aliphatic heterocycles. The summed E-state index contributed by atoms with van der Waals surface area (Å²) in [4.78, 5) is 0. The molecule has 0 amide bonds. The summed E-state index contributed by atoms with van der Waals surface area (Å²) in [6, 6.07) is 0. The maximum absolute atomic E-state index is 2.40. The molecule has 0 aromatic heterocycles. The smallest absolute Gasteiger partial charge is 0.00142 e. The molecule has 4 rings (SSSR count). The molecule has 0 bridgehead atoms. The third-order valence-corrected chi connectivity index (χ3v) is 10.9. The number of rotatable bonds is 18. The van der Waals surface area contributed by atoms with Crippen LogP contribution in [-0.2, 0) is 64.2 Å². The highest BCUT2D eigenvalue weighted by molar-refractivity contribution is 5.63. The highest BCUT2D eigenvalue weighted by Crippen LogP contribution is 2.44. The number of hydrogen-bond donors (Lipinski definition) is 0. The van der Waals surface area contributed by atoms with Crippen molar-refractivity contribution in [1.82, 2.24) is 0 Å². The molecule has 0 nitrogen and oxygen atoms in total. The summed E-state index contributed by atoms with van der Waals surface area (Å²) in [7, 11) is 0. The van der Waals surface area contributed by atoms with E-state index < -0.39 is 0 Å². The number of benzene rings is 2. The topological polar surface area (TPSA) is 0 Å². The van der Waals surface area contributed by atoms with Crippen LogP contribution in [0.25, 0.3) is 0 Å². The molecule has 0 radical (unpaired) electrons. The Morgan fingerprint density at radius 3 is 0.881 bits per heavy atom. The largest absolute Gasteiger partial charge is 0.0654 e. The molecule has 234 valence electrons. The Hall–Kier alpha value is -1.56. The summed E-state index contributed by atoms with van der Waals surface area (Å²) >= 11 is 0. The van der Waals surface area contributed by atoms with Gasteiger partial charge in [0.15, 0.2) is 0 Å². The van der Waals surface area contributed by atoms with Crippen LogP contribution in [0.2, 0.25) is 0 Å². The van der Waals surface area contributed by atoms with Crippen molar-refractivity contribution in [1.29, 1.82) is 0 Å². The van der Waals surface area contributed by atoms with Gasteiger partial charge in [0.2, 0.25) is 0 Å². The van der Waals surface area contributed by atoms with Crippen LogP contribution >= 0.6 is 0 Å². The van der Waals surface area contributed by atoms with Crippen LogP contribution in [0.1, 0.15) is 198 Å². The molecule has 0 N–H and O–H groups in total. The third kappa shape index (κ3) is 7.38. The lowest BCUT2D eigenvalue weighted by atomic mass is 9.69. The molecule has 42 heavy (non-hydrogen) atoms. The van der Waals surface area contributed by atoms with E-state index in [1.165, 1.54) is 154 Å². The SMILES string of the molecule is CCCCc1c(CCCC)c(CCCC)c2c(c1CCCC)Cc1c(CCCC)c3c(c(CCCC)c1C2)CCCC3. The standard InChI is InChI=1S/C42H66/c1-7-13-21-31-32(22-14-8-2)36(24-16-10-4)40-30-42-38(26-18-12-6)34-28-20-19-27-33(34)37(25-17-11-5)41(42)29-39(40)35(31)23-15-9-3/h7-30H2,1-6H3. The maximum atomic E-state index is 2.40. The lowest BCUT2D eigenvalue weighted by Gasteiger charge is -2.36. The first-order chi connectivity index (χ1) is 20.6. The lowest BCUT2D eigenvalue weighted by Crippen LogP contribution is -2.24. The van der Waals surface area contributed by atoms with Crippen molar-refractivity contribution in [2.45, 2.75) is 196 Å². The Balaban J connectivity index is 2.01. The fraction of sp³-hybridized carbons (Fsp3) is 0.714. The normalized spacial score (nSPS) is 14.1. The predicted octanol–water partition coefficient (Wildman–Crippen LogP) is 12.1. The fourth-order valence-electron chi connectivity index (χ4n) is 8.53. The van der Waals surface area contributed by atoms with Crippen LogP contribution in [0.15, 0.2) is 0 Å². The highest BCUT2D eigenvalue weighted by Gasteiger charge is 2.32. The van der Waals surface area contributed by atoms with Crippen molar-refractivity contribution in [3.8, 4) is 0 Å². The minimum absolute atomic E-state index is 1.24. The van der Waals surface area contributed by atoms with Gasteiger partial charge in [-0.25, -0.2) is 0 Å². The van der Waals surface area contributed by atoms with E-state index in [1.54, 1.807) is 0 Å². The predicted molar refractivity (Wildman–Crippen MR) is 187 cm³/mol. The van der Waals surface area contributed by atoms with E-state index >= 15 is 0 Å². The molecule has 0 atom stereocenters. The van der Waals surface area contributed by atoms with Gasteiger partial charge in [-0.15, -0.1) is 0 Å². The highest BCUT2D eigenvalue weighted by atomic mass is 14.4. The minimum Gasteiger partial charge on any atom is -0.0654 e. The van der Waals surface area contributed by atoms with Crippen LogP contribution in [0.3, 0.4) is 0 Å². The van der Waals surface area contributed by atoms with Gasteiger partial charge in [-0.3, -0.25) is 0 Å². The van der Waals surface area contributed by atoms with Crippen LogP contribution in [0, 0.1) is 0 Å². The van der Waals surface area contributed by atoms with Crippen molar-refractivity contribution in [2.75, 3.05) is 0 Å². The van der Waals surface area contributed by atoms with Gasteiger partial charge >= 0.3 is 0 Å². The number of hydrogen-bond acceptors (Lipinski definition) is 0. The van der Waals surface area contributed by atoms with E-state index in [9.17, 15) is 0 Å². The first-order valence-electron chi connectivity index (χ1n) is 19.0. The van der Waals surface area contributed by atoms with Gasteiger partial charge in [0.05, 0.1) is 0 Å². The third-order valence-electron chi connectivity index (χ3n) is 10.9. The van der Waals surface area contributed by atoms with Gasteiger partial charge < -0.3 is 0 Å². The molecule has 0 saturated carbocycles. The van der Waals surface area contributed by atoms with Crippen molar-refractivity contribution >= 4 is 0 Å². The van der Waals surface area contributed by atoms with E-state index in [0.717, 1.165) is 0 Å². The van der Waals surface area contributed by atoms with Crippen LogP contribution in [-0.4, -0.2) is 0 Å². The summed E-state index contributed by atoms with van der Waals surface area (Å²) in [5.74, 6) is 0. The number of fused-ring (bicyclic) bond motifs is 3. The average molecular weight is 571 g/mol. The molecule has 2 aromatic rings. The second-order valence-corrected chi connectivity index (χ2v) is 13.9. The monoisotopic (exact) mass is 571 g/mol. The van der Waals surface area contributed by atoms with Crippen molar-refractivity contribution in [3.05, 3.63) is 66.8 Å². The van der Waals surface area contributed by atoms with Crippen LogP contribution in [0.5, 0.6) is 0 Å². The quantitative estimate of drug-likeness (QED) is 0.143. The van der Waals surface area contributed by atoms with Crippen molar-refractivity contribution < 1.29 is 0 Å². The zero-order valence-electron chi connectivity index (χ0n) is 29.0. The second-order valence-electron chi connectivity index (χ2n) is 13.9. The van der Waals surface area contributed by atoms with Crippen molar-refractivity contribution in [2.24, 2.45) is 0 Å². The fourth-order valence-corrected chi connectivity index (χ4v) is 8.53. The van der Waals surface area contributed by atoms with E-state index in [4.69, 9.17) is 0 Å². The van der Waals surface area contributed by atoms with Gasteiger partial charge in [-0.1, -0.05) is 80.1 Å². The average Bonchev–Trinajstić information content (AvgIpc) is 3.02. The molecule has 0 fully saturated rings. The summed E-state index contributed by atoms with van der Waals surface area (Å²) < 4.78 is 0. The van der Waals surface area contributed by atoms with Crippen LogP contribution < -0.4 is 0 Å². The Bertz CT molecular complexity index is 1060. The van der Waals surface area contributed by atoms with E-state index in [0.29, 0.717) is 0 Å². The molecule has 0 unspecified atom stereocenters. The zero-order valence-corrected chi connectivity index (χ0v) is 29.0. The molecule has 0 spiro atoms. The molecule has 0 saturated heterocycles. The molecule has 2 aliphatic carbocycles. The summed E-state index contributed by atoms with van der Waals surface area (Å²) in [6.07, 6.45) is 31.7. The van der Waals surface area contributed by atoms with Crippen molar-refractivity contribution in [3.63, 3.8) is 0 Å². The van der Waals surface area contributed by atoms with E-state index in [2.05, 4.69) is 41.5 Å². The molecule has 0 heteroatoms. The lowest BCUT2D eigenvalue weighted by molar-refractivity contribution is 0.649. The summed E-state index contributed by atoms with van der Waals surface area (Å²) in [5, 5.41) is 0. The van der Waals surface area contributed by atoms with Crippen LogP contribution in [0.4, 0.5) is 0 Å². The first kappa shape index (κ1) is 33.3.